The van der Waals surface area contributed by atoms with Crippen molar-refractivity contribution in [3.63, 3.8) is 0 Å². The Labute approximate surface area is 123 Å². The second kappa shape index (κ2) is 6.56. The second-order valence-corrected chi connectivity index (χ2v) is 5.39. The van der Waals surface area contributed by atoms with Crippen LogP contribution in [0.4, 0.5) is 5.82 Å². The Hall–Kier alpha value is -2.11. The van der Waals surface area contributed by atoms with E-state index in [2.05, 4.69) is 10.3 Å². The normalized spacial score (nSPS) is 15.1. The molecule has 0 spiro atoms. The summed E-state index contributed by atoms with van der Waals surface area (Å²) < 4.78 is 0. The van der Waals surface area contributed by atoms with Gasteiger partial charge in [-0.3, -0.25) is 9.59 Å². The Morgan fingerprint density at radius 2 is 2.14 bits per heavy atom. The van der Waals surface area contributed by atoms with Gasteiger partial charge in [0.2, 0.25) is 0 Å². The van der Waals surface area contributed by atoms with E-state index in [1.54, 1.807) is 6.07 Å². The Balaban J connectivity index is 2.24. The van der Waals surface area contributed by atoms with Crippen LogP contribution in [0, 0.1) is 5.92 Å². The van der Waals surface area contributed by atoms with Gasteiger partial charge in [-0.1, -0.05) is 6.92 Å². The molecule has 0 bridgehead atoms. The average Bonchev–Trinajstić information content (AvgIpc) is 2.46. The number of carbonyl (C=O) groups is 2. The van der Waals surface area contributed by atoms with E-state index in [1.807, 2.05) is 6.92 Å². The molecule has 0 saturated heterocycles. The van der Waals surface area contributed by atoms with Gasteiger partial charge in [0.05, 0.1) is 11.5 Å². The number of fused-ring (bicyclic) bond motifs is 1. The van der Waals surface area contributed by atoms with Gasteiger partial charge in [-0.15, -0.1) is 0 Å². The Morgan fingerprint density at radius 3 is 2.76 bits per heavy atom. The van der Waals surface area contributed by atoms with Crippen LogP contribution in [0.25, 0.3) is 0 Å². The van der Waals surface area contributed by atoms with E-state index < -0.39 is 17.8 Å². The van der Waals surface area contributed by atoms with Crippen LogP contribution >= 0.6 is 0 Å². The lowest BCUT2D eigenvalue weighted by Gasteiger charge is -2.19. The maximum Gasteiger partial charge on any atom is 0.308 e. The number of amides is 1. The number of carbonyl (C=O) groups excluding carboxylic acids is 1. The number of pyridine rings is 1. The molecule has 114 valence electrons. The van der Waals surface area contributed by atoms with E-state index in [0.29, 0.717) is 17.8 Å². The monoisotopic (exact) mass is 291 g/mol. The number of nitrogens with one attached hydrogen (secondary N) is 1. The Morgan fingerprint density at radius 1 is 1.43 bits per heavy atom. The fraction of sp³-hybridized carbons (Fsp3) is 0.533. The van der Waals surface area contributed by atoms with Crippen molar-refractivity contribution in [3.8, 4) is 0 Å². The summed E-state index contributed by atoms with van der Waals surface area (Å²) in [5, 5.41) is 12.1. The molecule has 1 unspecified atom stereocenters. The fourth-order valence-electron chi connectivity index (χ4n) is 2.58. The number of anilines is 1. The van der Waals surface area contributed by atoms with Gasteiger partial charge >= 0.3 is 5.97 Å². The van der Waals surface area contributed by atoms with E-state index in [9.17, 15) is 9.59 Å². The SMILES string of the molecule is CCC(CNc1nc2c(cc1C(N)=O)CCCC2)C(=O)O. The molecule has 1 amide bonds. The predicted molar refractivity (Wildman–Crippen MR) is 79.3 cm³/mol. The number of hydrogen-bond acceptors (Lipinski definition) is 4. The summed E-state index contributed by atoms with van der Waals surface area (Å²) in [7, 11) is 0. The van der Waals surface area contributed by atoms with Crippen molar-refractivity contribution in [1.29, 1.82) is 0 Å². The summed E-state index contributed by atoms with van der Waals surface area (Å²) in [6.45, 7) is 2.05. The van der Waals surface area contributed by atoms with Crippen molar-refractivity contribution in [2.75, 3.05) is 11.9 Å². The first-order valence-electron chi connectivity index (χ1n) is 7.32. The molecule has 21 heavy (non-hydrogen) atoms. The van der Waals surface area contributed by atoms with Crippen LogP contribution in [0.15, 0.2) is 6.07 Å². The number of rotatable bonds is 6. The Kier molecular flexibility index (Phi) is 4.77. The molecule has 1 aliphatic carbocycles. The van der Waals surface area contributed by atoms with E-state index in [0.717, 1.165) is 36.9 Å². The van der Waals surface area contributed by atoms with Crippen molar-refractivity contribution in [2.45, 2.75) is 39.0 Å². The minimum Gasteiger partial charge on any atom is -0.481 e. The summed E-state index contributed by atoms with van der Waals surface area (Å²) in [5.41, 5.74) is 7.81. The van der Waals surface area contributed by atoms with Crippen LogP contribution < -0.4 is 11.1 Å². The zero-order valence-electron chi connectivity index (χ0n) is 12.2. The van der Waals surface area contributed by atoms with E-state index in [4.69, 9.17) is 10.8 Å². The summed E-state index contributed by atoms with van der Waals surface area (Å²) >= 11 is 0. The molecule has 1 aromatic rings. The van der Waals surface area contributed by atoms with Gasteiger partial charge in [0.15, 0.2) is 0 Å². The number of aromatic nitrogens is 1. The molecule has 0 aromatic carbocycles. The minimum absolute atomic E-state index is 0.234. The molecule has 1 aromatic heterocycles. The standard InChI is InChI=1S/C15H21N3O3/c1-2-9(15(20)21)8-17-14-11(13(16)19)7-10-5-3-4-6-12(10)18-14/h7,9H,2-6,8H2,1H3,(H2,16,19)(H,17,18)(H,20,21). The van der Waals surface area contributed by atoms with E-state index in [1.165, 1.54) is 0 Å². The molecule has 6 heteroatoms. The summed E-state index contributed by atoms with van der Waals surface area (Å²) in [6.07, 6.45) is 4.49. The lowest BCUT2D eigenvalue weighted by molar-refractivity contribution is -0.141. The first-order chi connectivity index (χ1) is 10.0. The number of nitrogens with two attached hydrogens (primary N) is 1. The summed E-state index contributed by atoms with van der Waals surface area (Å²) in [6, 6.07) is 1.80. The number of primary amides is 1. The number of hydrogen-bond donors (Lipinski definition) is 3. The van der Waals surface area contributed by atoms with Gasteiger partial charge in [-0.2, -0.15) is 0 Å². The number of nitrogens with zero attached hydrogens (tertiary/aromatic N) is 1. The highest BCUT2D eigenvalue weighted by Gasteiger charge is 2.20. The molecule has 1 heterocycles. The molecule has 0 aliphatic heterocycles. The van der Waals surface area contributed by atoms with Crippen molar-refractivity contribution in [1.82, 2.24) is 4.98 Å². The molecule has 6 nitrogen and oxygen atoms in total. The number of aliphatic carboxylic acids is 1. The van der Waals surface area contributed by atoms with Crippen LogP contribution in [0.1, 0.15) is 47.8 Å². The molecule has 1 atom stereocenters. The highest BCUT2D eigenvalue weighted by Crippen LogP contribution is 2.24. The van der Waals surface area contributed by atoms with Gasteiger partial charge in [-0.25, -0.2) is 4.98 Å². The smallest absolute Gasteiger partial charge is 0.308 e. The number of aryl methyl sites for hydroxylation is 2. The molecular formula is C15H21N3O3. The third kappa shape index (κ3) is 3.51. The fourth-order valence-corrected chi connectivity index (χ4v) is 2.58. The maximum atomic E-state index is 11.6. The number of carboxylic acids is 1. The first-order valence-corrected chi connectivity index (χ1v) is 7.32. The lowest BCUT2D eigenvalue weighted by atomic mass is 9.94. The van der Waals surface area contributed by atoms with Crippen LogP contribution in [0.5, 0.6) is 0 Å². The molecule has 0 fully saturated rings. The highest BCUT2D eigenvalue weighted by atomic mass is 16.4. The van der Waals surface area contributed by atoms with Crippen LogP contribution in [-0.4, -0.2) is 28.5 Å². The van der Waals surface area contributed by atoms with Crippen molar-refractivity contribution in [3.05, 3.63) is 22.9 Å². The third-order valence-corrected chi connectivity index (χ3v) is 3.92. The Bertz CT molecular complexity index is 557. The second-order valence-electron chi connectivity index (χ2n) is 5.39. The van der Waals surface area contributed by atoms with Crippen LogP contribution in [0.2, 0.25) is 0 Å². The molecule has 2 rings (SSSR count). The molecule has 0 saturated carbocycles. The zero-order valence-corrected chi connectivity index (χ0v) is 12.2. The molecule has 0 radical (unpaired) electrons. The number of carboxylic acid groups (broad SMARTS) is 1. The van der Waals surface area contributed by atoms with Crippen molar-refractivity contribution in [2.24, 2.45) is 11.7 Å². The minimum atomic E-state index is -0.858. The summed E-state index contributed by atoms with van der Waals surface area (Å²) in [5.74, 6) is -1.50. The van der Waals surface area contributed by atoms with E-state index in [-0.39, 0.29) is 6.54 Å². The van der Waals surface area contributed by atoms with Crippen LogP contribution in [0.3, 0.4) is 0 Å². The predicted octanol–water partition coefficient (Wildman–Crippen LogP) is 1.58. The lowest BCUT2D eigenvalue weighted by Crippen LogP contribution is -2.25. The average molecular weight is 291 g/mol. The molecular weight excluding hydrogens is 270 g/mol. The van der Waals surface area contributed by atoms with E-state index >= 15 is 0 Å². The largest absolute Gasteiger partial charge is 0.481 e. The van der Waals surface area contributed by atoms with Gasteiger partial charge in [0, 0.05) is 12.2 Å². The zero-order chi connectivity index (χ0) is 15.4. The summed E-state index contributed by atoms with van der Waals surface area (Å²) in [4.78, 5) is 27.1. The topological polar surface area (TPSA) is 105 Å². The van der Waals surface area contributed by atoms with Crippen LogP contribution in [-0.2, 0) is 17.6 Å². The third-order valence-electron chi connectivity index (χ3n) is 3.92. The van der Waals surface area contributed by atoms with Gasteiger partial charge < -0.3 is 16.2 Å². The quantitative estimate of drug-likeness (QED) is 0.738. The van der Waals surface area contributed by atoms with Gasteiger partial charge in [0.1, 0.15) is 5.82 Å². The van der Waals surface area contributed by atoms with Crippen molar-refractivity contribution < 1.29 is 14.7 Å². The van der Waals surface area contributed by atoms with Crippen molar-refractivity contribution >= 4 is 17.7 Å². The maximum absolute atomic E-state index is 11.6. The van der Waals surface area contributed by atoms with Gasteiger partial charge in [0.25, 0.3) is 5.91 Å². The molecule has 1 aliphatic rings. The molecule has 4 N–H and O–H groups in total. The van der Waals surface area contributed by atoms with Gasteiger partial charge in [-0.05, 0) is 43.7 Å². The first kappa shape index (κ1) is 15.3. The highest BCUT2D eigenvalue weighted by molar-refractivity contribution is 5.97.